The number of unbranched alkanes of at least 4 members (excludes halogenated alkanes) is 3. The van der Waals surface area contributed by atoms with Crippen LogP contribution in [0.15, 0.2) is 4.99 Å². The largest absolute Gasteiger partial charge is 0.394 e. The summed E-state index contributed by atoms with van der Waals surface area (Å²) >= 11 is 0. The van der Waals surface area contributed by atoms with Crippen molar-refractivity contribution in [2.45, 2.75) is 52.0 Å². The van der Waals surface area contributed by atoms with Crippen LogP contribution in [-0.4, -0.2) is 30.3 Å². The molecule has 0 saturated carbocycles. The zero-order chi connectivity index (χ0) is 11.5. The number of nitrogens with zero attached hydrogens (tertiary/aromatic N) is 1. The third kappa shape index (κ3) is 8.24. The molecule has 15 heavy (non-hydrogen) atoms. The Balaban J connectivity index is 3.59. The summed E-state index contributed by atoms with van der Waals surface area (Å²) in [4.78, 5) is 4.20. The van der Waals surface area contributed by atoms with Crippen LogP contribution in [-0.2, 0) is 0 Å². The maximum Gasteiger partial charge on any atom is 0.188 e. The molecule has 0 amide bonds. The highest BCUT2D eigenvalue weighted by molar-refractivity contribution is 5.78. The number of hydrogen-bond acceptors (Lipinski definition) is 2. The van der Waals surface area contributed by atoms with Crippen LogP contribution in [0, 0.1) is 0 Å². The first-order valence-corrected chi connectivity index (χ1v) is 5.91. The normalized spacial score (nSPS) is 13.9. The monoisotopic (exact) mass is 215 g/mol. The van der Waals surface area contributed by atoms with Crippen molar-refractivity contribution in [3.63, 3.8) is 0 Å². The fraction of sp³-hybridized carbons (Fsp3) is 0.909. The summed E-state index contributed by atoms with van der Waals surface area (Å²) in [6.07, 6.45) is 5.65. The van der Waals surface area contributed by atoms with Crippen LogP contribution >= 0.6 is 0 Å². The molecule has 0 rings (SSSR count). The molecule has 0 aliphatic rings. The van der Waals surface area contributed by atoms with Gasteiger partial charge in [0.15, 0.2) is 5.96 Å². The lowest BCUT2D eigenvalue weighted by molar-refractivity contribution is 0.252. The van der Waals surface area contributed by atoms with Gasteiger partial charge >= 0.3 is 0 Å². The lowest BCUT2D eigenvalue weighted by atomic mass is 10.2. The Hall–Kier alpha value is -0.770. The molecule has 0 aliphatic heterocycles. The number of nitrogens with one attached hydrogen (secondary N) is 1. The summed E-state index contributed by atoms with van der Waals surface area (Å²) in [5.41, 5.74) is 5.67. The van der Waals surface area contributed by atoms with Crippen LogP contribution in [0.25, 0.3) is 0 Å². The molecule has 0 aromatic carbocycles. The molecular weight excluding hydrogens is 190 g/mol. The highest BCUT2D eigenvalue weighted by Gasteiger charge is 2.03. The standard InChI is InChI=1S/C11H25N3O/c1-3-5-6-7-8-13-11(12)14-10(4-2)9-15/h10,15H,3-9H2,1-2H3,(H3,12,13,14)/t10-/m1/s1. The van der Waals surface area contributed by atoms with Crippen molar-refractivity contribution in [2.75, 3.05) is 13.2 Å². The zero-order valence-corrected chi connectivity index (χ0v) is 10.00. The lowest BCUT2D eigenvalue weighted by Gasteiger charge is -2.14. The van der Waals surface area contributed by atoms with E-state index < -0.39 is 0 Å². The minimum absolute atomic E-state index is 0.0318. The average Bonchev–Trinajstić information content (AvgIpc) is 2.25. The molecule has 4 N–H and O–H groups in total. The van der Waals surface area contributed by atoms with E-state index in [4.69, 9.17) is 10.8 Å². The second-order valence-electron chi connectivity index (χ2n) is 3.76. The van der Waals surface area contributed by atoms with Gasteiger partial charge in [-0.1, -0.05) is 33.1 Å². The topological polar surface area (TPSA) is 70.6 Å². The van der Waals surface area contributed by atoms with E-state index in [-0.39, 0.29) is 12.6 Å². The smallest absolute Gasteiger partial charge is 0.188 e. The first-order valence-electron chi connectivity index (χ1n) is 5.91. The molecule has 0 fully saturated rings. The first kappa shape index (κ1) is 14.2. The molecule has 1 atom stereocenters. The van der Waals surface area contributed by atoms with Gasteiger partial charge in [0.2, 0.25) is 0 Å². The van der Waals surface area contributed by atoms with Gasteiger partial charge in [0, 0.05) is 6.54 Å². The van der Waals surface area contributed by atoms with Crippen molar-refractivity contribution in [3.05, 3.63) is 0 Å². The van der Waals surface area contributed by atoms with Gasteiger partial charge in [-0.15, -0.1) is 0 Å². The Kier molecular flexibility index (Phi) is 9.27. The Morgan fingerprint density at radius 1 is 1.33 bits per heavy atom. The van der Waals surface area contributed by atoms with Gasteiger partial charge in [-0.2, -0.15) is 0 Å². The molecule has 0 radical (unpaired) electrons. The number of aliphatic hydroxyl groups is 1. The number of hydrogen-bond donors (Lipinski definition) is 3. The van der Waals surface area contributed by atoms with Gasteiger partial charge in [-0.3, -0.25) is 4.99 Å². The van der Waals surface area contributed by atoms with Crippen molar-refractivity contribution < 1.29 is 5.11 Å². The second kappa shape index (κ2) is 9.77. The fourth-order valence-corrected chi connectivity index (χ4v) is 1.27. The highest BCUT2D eigenvalue weighted by Crippen LogP contribution is 1.98. The zero-order valence-electron chi connectivity index (χ0n) is 10.00. The molecule has 0 saturated heterocycles. The molecule has 4 heteroatoms. The van der Waals surface area contributed by atoms with E-state index in [1.165, 1.54) is 19.3 Å². The summed E-state index contributed by atoms with van der Waals surface area (Å²) < 4.78 is 0. The van der Waals surface area contributed by atoms with Crippen LogP contribution in [0.2, 0.25) is 0 Å². The van der Waals surface area contributed by atoms with Gasteiger partial charge in [-0.05, 0) is 12.8 Å². The summed E-state index contributed by atoms with van der Waals surface area (Å²) in [6.45, 7) is 5.07. The number of aliphatic hydroxyl groups excluding tert-OH is 1. The molecule has 0 bridgehead atoms. The van der Waals surface area contributed by atoms with E-state index in [1.54, 1.807) is 0 Å². The first-order chi connectivity index (χ1) is 7.24. The van der Waals surface area contributed by atoms with Crippen molar-refractivity contribution >= 4 is 5.96 Å². The minimum Gasteiger partial charge on any atom is -0.394 e. The summed E-state index contributed by atoms with van der Waals surface area (Å²) in [7, 11) is 0. The molecule has 0 aliphatic carbocycles. The van der Waals surface area contributed by atoms with Gasteiger partial charge < -0.3 is 16.2 Å². The SMILES string of the molecule is CCCCCCN=C(N)N[C@H](CC)CO. The fourth-order valence-electron chi connectivity index (χ4n) is 1.27. The minimum atomic E-state index is 0.0318. The van der Waals surface area contributed by atoms with Crippen LogP contribution in [0.5, 0.6) is 0 Å². The maximum atomic E-state index is 8.94. The highest BCUT2D eigenvalue weighted by atomic mass is 16.3. The van der Waals surface area contributed by atoms with Gasteiger partial charge in [0.1, 0.15) is 0 Å². The number of rotatable bonds is 8. The van der Waals surface area contributed by atoms with Gasteiger partial charge in [0.05, 0.1) is 12.6 Å². The third-order valence-electron chi connectivity index (χ3n) is 2.36. The van der Waals surface area contributed by atoms with Gasteiger partial charge in [0.25, 0.3) is 0 Å². The van der Waals surface area contributed by atoms with E-state index in [9.17, 15) is 0 Å². The van der Waals surface area contributed by atoms with Crippen molar-refractivity contribution in [1.29, 1.82) is 0 Å². The molecule has 90 valence electrons. The van der Waals surface area contributed by atoms with Crippen LogP contribution in [0.1, 0.15) is 46.0 Å². The predicted molar refractivity (Wildman–Crippen MR) is 64.9 cm³/mol. The molecule has 0 heterocycles. The quantitative estimate of drug-likeness (QED) is 0.324. The molecule has 0 aromatic heterocycles. The van der Waals surface area contributed by atoms with Crippen LogP contribution < -0.4 is 11.1 Å². The van der Waals surface area contributed by atoms with Crippen LogP contribution in [0.3, 0.4) is 0 Å². The van der Waals surface area contributed by atoms with E-state index >= 15 is 0 Å². The average molecular weight is 215 g/mol. The lowest BCUT2D eigenvalue weighted by Crippen LogP contribution is -2.41. The molecule has 4 nitrogen and oxygen atoms in total. The number of aliphatic imine (C=N–C) groups is 1. The Labute approximate surface area is 93.0 Å². The summed E-state index contributed by atoms with van der Waals surface area (Å²) in [5, 5.41) is 11.9. The second-order valence-corrected chi connectivity index (χ2v) is 3.76. The number of guanidine groups is 1. The van der Waals surface area contributed by atoms with Gasteiger partial charge in [-0.25, -0.2) is 0 Å². The molecule has 0 unspecified atom stereocenters. The maximum absolute atomic E-state index is 8.94. The Morgan fingerprint density at radius 3 is 2.60 bits per heavy atom. The Morgan fingerprint density at radius 2 is 2.07 bits per heavy atom. The Bertz CT molecular complexity index is 167. The molecule has 0 spiro atoms. The number of nitrogens with two attached hydrogens (primary N) is 1. The van der Waals surface area contributed by atoms with E-state index in [2.05, 4.69) is 17.2 Å². The summed E-state index contributed by atoms with van der Waals surface area (Å²) in [6, 6.07) is 0.0318. The van der Waals surface area contributed by atoms with E-state index in [0.29, 0.717) is 5.96 Å². The van der Waals surface area contributed by atoms with E-state index in [1.807, 2.05) is 6.92 Å². The predicted octanol–water partition coefficient (Wildman–Crippen LogP) is 1.24. The molecule has 0 aromatic rings. The van der Waals surface area contributed by atoms with Crippen molar-refractivity contribution in [2.24, 2.45) is 10.7 Å². The van der Waals surface area contributed by atoms with Crippen molar-refractivity contribution in [3.8, 4) is 0 Å². The summed E-state index contributed by atoms with van der Waals surface area (Å²) in [5.74, 6) is 0.451. The van der Waals surface area contributed by atoms with E-state index in [0.717, 1.165) is 19.4 Å². The van der Waals surface area contributed by atoms with Crippen molar-refractivity contribution in [1.82, 2.24) is 5.32 Å². The third-order valence-corrected chi connectivity index (χ3v) is 2.36. The molecular formula is C11H25N3O. The van der Waals surface area contributed by atoms with Crippen LogP contribution in [0.4, 0.5) is 0 Å².